The minimum absolute atomic E-state index is 0.0783. The Kier molecular flexibility index (Phi) is 5.88. The monoisotopic (exact) mass is 442 g/mol. The molecule has 0 unspecified atom stereocenters. The smallest absolute Gasteiger partial charge is 0.243 e. The zero-order chi connectivity index (χ0) is 22.0. The quantitative estimate of drug-likeness (QED) is 0.601. The van der Waals surface area contributed by atoms with Crippen LogP contribution in [0.15, 0.2) is 65.8 Å². The van der Waals surface area contributed by atoms with E-state index in [4.69, 9.17) is 4.74 Å². The van der Waals surface area contributed by atoms with Gasteiger partial charge < -0.3 is 9.64 Å². The Morgan fingerprint density at radius 3 is 2.52 bits per heavy atom. The van der Waals surface area contributed by atoms with Gasteiger partial charge >= 0.3 is 0 Å². The third-order valence-electron chi connectivity index (χ3n) is 5.20. The SMILES string of the molecule is Cc1ccc(S(=O)(=O)N2CCN(c3cc(Oc4ccccc4F)ncn3)C[C@@H]2C)cc1. The highest BCUT2D eigenvalue weighted by Gasteiger charge is 2.34. The fourth-order valence-corrected chi connectivity index (χ4v) is 5.16. The fraction of sp³-hybridized carbons (Fsp3) is 0.273. The first-order valence-corrected chi connectivity index (χ1v) is 11.4. The van der Waals surface area contributed by atoms with Crippen LogP contribution in [0.3, 0.4) is 0 Å². The Hall–Kier alpha value is -3.04. The van der Waals surface area contributed by atoms with Gasteiger partial charge in [-0.2, -0.15) is 4.31 Å². The lowest BCUT2D eigenvalue weighted by Crippen LogP contribution is -2.54. The molecule has 1 aromatic heterocycles. The van der Waals surface area contributed by atoms with Crippen molar-refractivity contribution in [1.82, 2.24) is 14.3 Å². The van der Waals surface area contributed by atoms with Crippen molar-refractivity contribution >= 4 is 15.8 Å². The summed E-state index contributed by atoms with van der Waals surface area (Å²) in [6.07, 6.45) is 1.35. The Balaban J connectivity index is 1.49. The maximum atomic E-state index is 13.9. The zero-order valence-electron chi connectivity index (χ0n) is 17.3. The highest BCUT2D eigenvalue weighted by molar-refractivity contribution is 7.89. The van der Waals surface area contributed by atoms with Gasteiger partial charge in [-0.15, -0.1) is 0 Å². The second kappa shape index (κ2) is 8.60. The number of ether oxygens (including phenoxy) is 1. The van der Waals surface area contributed by atoms with Crippen LogP contribution in [-0.2, 0) is 10.0 Å². The van der Waals surface area contributed by atoms with E-state index < -0.39 is 15.8 Å². The average Bonchev–Trinajstić information content (AvgIpc) is 2.76. The second-order valence-electron chi connectivity index (χ2n) is 7.47. The molecule has 1 fully saturated rings. The Bertz CT molecular complexity index is 1170. The van der Waals surface area contributed by atoms with Gasteiger partial charge in [0.2, 0.25) is 15.9 Å². The third-order valence-corrected chi connectivity index (χ3v) is 7.22. The summed E-state index contributed by atoms with van der Waals surface area (Å²) in [6.45, 7) is 5.04. The zero-order valence-corrected chi connectivity index (χ0v) is 18.1. The van der Waals surface area contributed by atoms with Crippen molar-refractivity contribution in [3.63, 3.8) is 0 Å². The van der Waals surface area contributed by atoms with Crippen molar-refractivity contribution in [3.8, 4) is 11.6 Å². The third kappa shape index (κ3) is 4.52. The number of aryl methyl sites for hydroxylation is 1. The molecule has 2 aromatic carbocycles. The highest BCUT2D eigenvalue weighted by Crippen LogP contribution is 2.27. The van der Waals surface area contributed by atoms with Gasteiger partial charge in [0.05, 0.1) is 4.90 Å². The van der Waals surface area contributed by atoms with Gasteiger partial charge in [-0.1, -0.05) is 29.8 Å². The van der Waals surface area contributed by atoms with Crippen LogP contribution in [0.1, 0.15) is 12.5 Å². The van der Waals surface area contributed by atoms with E-state index in [1.807, 2.05) is 18.7 Å². The van der Waals surface area contributed by atoms with Crippen molar-refractivity contribution in [1.29, 1.82) is 0 Å². The molecule has 0 aliphatic carbocycles. The van der Waals surface area contributed by atoms with Gasteiger partial charge in [-0.3, -0.25) is 0 Å². The largest absolute Gasteiger partial charge is 0.436 e. The van der Waals surface area contributed by atoms with Crippen LogP contribution in [0.4, 0.5) is 10.2 Å². The van der Waals surface area contributed by atoms with Crippen LogP contribution in [0.25, 0.3) is 0 Å². The number of anilines is 1. The molecule has 0 spiro atoms. The topological polar surface area (TPSA) is 75.6 Å². The summed E-state index contributed by atoms with van der Waals surface area (Å²) in [5, 5.41) is 0. The summed E-state index contributed by atoms with van der Waals surface area (Å²) in [5.41, 5.74) is 1.01. The molecule has 1 atom stereocenters. The van der Waals surface area contributed by atoms with E-state index in [-0.39, 0.29) is 17.7 Å². The van der Waals surface area contributed by atoms with Gasteiger partial charge in [0, 0.05) is 31.7 Å². The molecule has 1 aliphatic rings. The summed E-state index contributed by atoms with van der Waals surface area (Å²) in [4.78, 5) is 10.6. The summed E-state index contributed by atoms with van der Waals surface area (Å²) in [7, 11) is -3.58. The highest BCUT2D eigenvalue weighted by atomic mass is 32.2. The van der Waals surface area contributed by atoms with Crippen molar-refractivity contribution in [2.24, 2.45) is 0 Å². The first-order valence-electron chi connectivity index (χ1n) is 9.92. The van der Waals surface area contributed by atoms with E-state index in [0.29, 0.717) is 30.3 Å². The molecule has 162 valence electrons. The van der Waals surface area contributed by atoms with Crippen LogP contribution in [-0.4, -0.2) is 48.4 Å². The fourth-order valence-electron chi connectivity index (χ4n) is 3.55. The predicted octanol–water partition coefficient (Wildman–Crippen LogP) is 3.62. The molecule has 0 amide bonds. The number of hydrogen-bond donors (Lipinski definition) is 0. The lowest BCUT2D eigenvalue weighted by Gasteiger charge is -2.39. The van der Waals surface area contributed by atoms with Gasteiger partial charge in [-0.25, -0.2) is 22.8 Å². The van der Waals surface area contributed by atoms with Gasteiger partial charge in [0.15, 0.2) is 11.6 Å². The first-order chi connectivity index (χ1) is 14.8. The van der Waals surface area contributed by atoms with Gasteiger partial charge in [0.25, 0.3) is 0 Å². The lowest BCUT2D eigenvalue weighted by molar-refractivity contribution is 0.305. The summed E-state index contributed by atoms with van der Waals surface area (Å²) >= 11 is 0. The molecule has 0 bridgehead atoms. The van der Waals surface area contributed by atoms with Crippen LogP contribution in [0.5, 0.6) is 11.6 Å². The van der Waals surface area contributed by atoms with Gasteiger partial charge in [0.1, 0.15) is 12.1 Å². The van der Waals surface area contributed by atoms with Crippen LogP contribution in [0.2, 0.25) is 0 Å². The molecule has 9 heteroatoms. The number of para-hydroxylation sites is 1. The van der Waals surface area contributed by atoms with Crippen molar-refractivity contribution in [2.45, 2.75) is 24.8 Å². The maximum absolute atomic E-state index is 13.9. The normalized spacial score (nSPS) is 17.5. The number of aromatic nitrogens is 2. The predicted molar refractivity (Wildman–Crippen MR) is 115 cm³/mol. The number of benzene rings is 2. The van der Waals surface area contributed by atoms with Crippen LogP contribution in [0, 0.1) is 12.7 Å². The second-order valence-corrected chi connectivity index (χ2v) is 9.36. The number of sulfonamides is 1. The minimum Gasteiger partial charge on any atom is -0.436 e. The summed E-state index contributed by atoms with van der Waals surface area (Å²) < 4.78 is 47.1. The molecule has 0 N–H and O–H groups in total. The summed E-state index contributed by atoms with van der Waals surface area (Å²) in [5.74, 6) is 0.416. The average molecular weight is 443 g/mol. The lowest BCUT2D eigenvalue weighted by atomic mass is 10.2. The Labute approximate surface area is 181 Å². The Morgan fingerprint density at radius 1 is 1.06 bits per heavy atom. The molecule has 3 aromatic rings. The van der Waals surface area contributed by atoms with Crippen LogP contribution >= 0.6 is 0 Å². The van der Waals surface area contributed by atoms with E-state index in [1.54, 1.807) is 42.5 Å². The number of hydrogen-bond acceptors (Lipinski definition) is 6. The number of piperazine rings is 1. The molecule has 7 nitrogen and oxygen atoms in total. The molecule has 1 aliphatic heterocycles. The molecule has 2 heterocycles. The minimum atomic E-state index is -3.58. The molecular weight excluding hydrogens is 419 g/mol. The van der Waals surface area contributed by atoms with E-state index in [1.165, 1.54) is 22.8 Å². The standard InChI is InChI=1S/C22H23FN4O3S/c1-16-7-9-18(10-8-16)31(28,29)27-12-11-26(14-17(27)2)21-13-22(25-15-24-21)30-20-6-4-3-5-19(20)23/h3-10,13,15,17H,11-12,14H2,1-2H3/t17-/m0/s1. The number of halogens is 1. The number of nitrogens with zero attached hydrogens (tertiary/aromatic N) is 4. The summed E-state index contributed by atoms with van der Waals surface area (Å²) in [6, 6.07) is 14.3. The van der Waals surface area contributed by atoms with E-state index in [9.17, 15) is 12.8 Å². The molecular formula is C22H23FN4O3S. The van der Waals surface area contributed by atoms with Gasteiger partial charge in [-0.05, 0) is 38.1 Å². The maximum Gasteiger partial charge on any atom is 0.243 e. The first kappa shape index (κ1) is 21.2. The Morgan fingerprint density at radius 2 is 1.81 bits per heavy atom. The van der Waals surface area contributed by atoms with E-state index in [2.05, 4.69) is 9.97 Å². The number of rotatable bonds is 5. The molecule has 4 rings (SSSR count). The van der Waals surface area contributed by atoms with E-state index in [0.717, 1.165) is 5.56 Å². The molecule has 0 saturated carbocycles. The van der Waals surface area contributed by atoms with Crippen molar-refractivity contribution < 1.29 is 17.5 Å². The van der Waals surface area contributed by atoms with Crippen LogP contribution < -0.4 is 9.64 Å². The van der Waals surface area contributed by atoms with Crippen molar-refractivity contribution in [3.05, 3.63) is 72.3 Å². The molecule has 0 radical (unpaired) electrons. The molecule has 31 heavy (non-hydrogen) atoms. The molecule has 1 saturated heterocycles. The van der Waals surface area contributed by atoms with Crippen molar-refractivity contribution in [2.75, 3.05) is 24.5 Å². The van der Waals surface area contributed by atoms with E-state index >= 15 is 0 Å².